The molecule has 1 heterocycles. The van der Waals surface area contributed by atoms with E-state index in [4.69, 9.17) is 5.73 Å². The minimum Gasteiger partial charge on any atom is -0.339 e. The van der Waals surface area contributed by atoms with Crippen molar-refractivity contribution in [2.45, 2.75) is 64.0 Å². The van der Waals surface area contributed by atoms with Crippen molar-refractivity contribution in [3.05, 3.63) is 0 Å². The Balaban J connectivity index is 1.88. The van der Waals surface area contributed by atoms with Gasteiger partial charge in [-0.25, -0.2) is 0 Å². The topological polar surface area (TPSA) is 49.6 Å². The van der Waals surface area contributed by atoms with Crippen LogP contribution in [0.5, 0.6) is 0 Å². The van der Waals surface area contributed by atoms with Crippen LogP contribution in [0.25, 0.3) is 0 Å². The van der Waals surface area contributed by atoms with Crippen LogP contribution in [-0.2, 0) is 4.79 Å². The monoisotopic (exact) mass is 267 g/mol. The highest BCUT2D eigenvalue weighted by Gasteiger charge is 2.39. The highest BCUT2D eigenvalue weighted by Crippen LogP contribution is 2.28. The summed E-state index contributed by atoms with van der Waals surface area (Å²) in [6.45, 7) is 8.18. The zero-order valence-electron chi connectivity index (χ0n) is 12.5. The van der Waals surface area contributed by atoms with E-state index in [2.05, 4.69) is 18.7 Å². The Morgan fingerprint density at radius 2 is 1.74 bits per heavy atom. The molecule has 1 saturated carbocycles. The molecule has 4 heteroatoms. The summed E-state index contributed by atoms with van der Waals surface area (Å²) in [6.07, 6.45) is 6.36. The van der Waals surface area contributed by atoms with Crippen molar-refractivity contribution in [3.8, 4) is 0 Å². The standard InChI is InChI=1S/C15H29N3O/c1-3-13(2)17-9-11-18(12-10-17)14(19)15(16)7-5-4-6-8-15/h13H,3-12,16H2,1-2H3. The van der Waals surface area contributed by atoms with E-state index in [9.17, 15) is 4.79 Å². The van der Waals surface area contributed by atoms with E-state index < -0.39 is 5.54 Å². The average Bonchev–Trinajstić information content (AvgIpc) is 2.46. The summed E-state index contributed by atoms with van der Waals surface area (Å²) in [6, 6.07) is 0.624. The van der Waals surface area contributed by atoms with Gasteiger partial charge in [0.25, 0.3) is 0 Å². The van der Waals surface area contributed by atoms with Crippen LogP contribution in [0.15, 0.2) is 0 Å². The van der Waals surface area contributed by atoms with Crippen LogP contribution in [0.4, 0.5) is 0 Å². The molecule has 1 aliphatic heterocycles. The Bertz CT molecular complexity index is 305. The van der Waals surface area contributed by atoms with Gasteiger partial charge in [0.1, 0.15) is 0 Å². The minimum atomic E-state index is -0.559. The number of hydrogen-bond donors (Lipinski definition) is 1. The lowest BCUT2D eigenvalue weighted by atomic mass is 9.81. The molecule has 2 rings (SSSR count). The molecule has 0 aromatic heterocycles. The molecule has 110 valence electrons. The van der Waals surface area contributed by atoms with Gasteiger partial charge < -0.3 is 10.6 Å². The van der Waals surface area contributed by atoms with E-state index in [-0.39, 0.29) is 5.91 Å². The van der Waals surface area contributed by atoms with Gasteiger partial charge in [0, 0.05) is 32.2 Å². The Labute approximate surface area is 117 Å². The molecule has 0 radical (unpaired) electrons. The summed E-state index contributed by atoms with van der Waals surface area (Å²) in [4.78, 5) is 17.1. The first-order chi connectivity index (χ1) is 9.07. The Morgan fingerprint density at radius 3 is 2.26 bits per heavy atom. The summed E-state index contributed by atoms with van der Waals surface area (Å²) in [5.41, 5.74) is 5.79. The van der Waals surface area contributed by atoms with Crippen molar-refractivity contribution in [1.82, 2.24) is 9.80 Å². The fraction of sp³-hybridized carbons (Fsp3) is 0.933. The molecule has 1 aliphatic carbocycles. The lowest BCUT2D eigenvalue weighted by molar-refractivity contribution is -0.140. The van der Waals surface area contributed by atoms with E-state index in [0.29, 0.717) is 6.04 Å². The van der Waals surface area contributed by atoms with E-state index in [1.807, 2.05) is 4.90 Å². The number of amides is 1. The second-order valence-corrected chi connectivity index (χ2v) is 6.30. The lowest BCUT2D eigenvalue weighted by Crippen LogP contribution is -2.60. The Morgan fingerprint density at radius 1 is 1.16 bits per heavy atom. The average molecular weight is 267 g/mol. The quantitative estimate of drug-likeness (QED) is 0.845. The number of nitrogens with zero attached hydrogens (tertiary/aromatic N) is 2. The van der Waals surface area contributed by atoms with Crippen molar-refractivity contribution < 1.29 is 4.79 Å². The van der Waals surface area contributed by atoms with Crippen LogP contribution in [0.3, 0.4) is 0 Å². The molecule has 1 unspecified atom stereocenters. The Hall–Kier alpha value is -0.610. The third-order valence-electron chi connectivity index (χ3n) is 4.99. The van der Waals surface area contributed by atoms with E-state index in [0.717, 1.165) is 51.9 Å². The fourth-order valence-corrected chi connectivity index (χ4v) is 3.34. The first-order valence-electron chi connectivity index (χ1n) is 7.89. The minimum absolute atomic E-state index is 0.205. The number of piperazine rings is 1. The van der Waals surface area contributed by atoms with Crippen LogP contribution in [0, 0.1) is 0 Å². The molecule has 2 N–H and O–H groups in total. The molecule has 1 atom stereocenters. The van der Waals surface area contributed by atoms with Crippen molar-refractivity contribution in [3.63, 3.8) is 0 Å². The van der Waals surface area contributed by atoms with Crippen molar-refractivity contribution in [2.75, 3.05) is 26.2 Å². The number of rotatable bonds is 3. The molecule has 2 aliphatic rings. The highest BCUT2D eigenvalue weighted by atomic mass is 16.2. The SMILES string of the molecule is CCC(C)N1CCN(C(=O)C2(N)CCCCC2)CC1. The Kier molecular flexibility index (Phi) is 4.85. The van der Waals surface area contributed by atoms with Crippen LogP contribution in [0.2, 0.25) is 0 Å². The van der Waals surface area contributed by atoms with Gasteiger partial charge in [0.15, 0.2) is 0 Å². The second kappa shape index (κ2) is 6.23. The van der Waals surface area contributed by atoms with E-state index >= 15 is 0 Å². The van der Waals surface area contributed by atoms with Crippen molar-refractivity contribution in [1.29, 1.82) is 0 Å². The lowest BCUT2D eigenvalue weighted by Gasteiger charge is -2.42. The number of hydrogen-bond acceptors (Lipinski definition) is 3. The molecule has 1 saturated heterocycles. The zero-order valence-corrected chi connectivity index (χ0v) is 12.5. The highest BCUT2D eigenvalue weighted by molar-refractivity contribution is 5.86. The third kappa shape index (κ3) is 3.29. The zero-order chi connectivity index (χ0) is 13.9. The van der Waals surface area contributed by atoms with Gasteiger partial charge >= 0.3 is 0 Å². The third-order valence-corrected chi connectivity index (χ3v) is 4.99. The molecule has 0 bridgehead atoms. The normalized spacial score (nSPS) is 26.2. The summed E-state index contributed by atoms with van der Waals surface area (Å²) in [5.74, 6) is 0.205. The van der Waals surface area contributed by atoms with Gasteiger partial charge in [0.05, 0.1) is 5.54 Å². The molecule has 0 spiro atoms. The van der Waals surface area contributed by atoms with Crippen LogP contribution in [-0.4, -0.2) is 53.5 Å². The maximum absolute atomic E-state index is 12.6. The van der Waals surface area contributed by atoms with Gasteiger partial charge in [0.2, 0.25) is 5.91 Å². The molecule has 4 nitrogen and oxygen atoms in total. The van der Waals surface area contributed by atoms with Crippen LogP contribution < -0.4 is 5.73 Å². The largest absolute Gasteiger partial charge is 0.339 e. The van der Waals surface area contributed by atoms with Gasteiger partial charge in [-0.1, -0.05) is 26.2 Å². The van der Waals surface area contributed by atoms with Crippen LogP contribution in [0.1, 0.15) is 52.4 Å². The summed E-state index contributed by atoms with van der Waals surface area (Å²) in [7, 11) is 0. The molecular formula is C15H29N3O. The first-order valence-corrected chi connectivity index (χ1v) is 7.89. The molecule has 0 aromatic carbocycles. The second-order valence-electron chi connectivity index (χ2n) is 6.30. The molecule has 19 heavy (non-hydrogen) atoms. The molecular weight excluding hydrogens is 238 g/mol. The maximum atomic E-state index is 12.6. The number of carbonyl (C=O) groups is 1. The summed E-state index contributed by atoms with van der Waals surface area (Å²) >= 11 is 0. The van der Waals surface area contributed by atoms with Gasteiger partial charge in [-0.05, 0) is 26.2 Å². The summed E-state index contributed by atoms with van der Waals surface area (Å²) in [5, 5.41) is 0. The molecule has 2 fully saturated rings. The molecule has 0 aromatic rings. The van der Waals surface area contributed by atoms with Crippen LogP contribution >= 0.6 is 0 Å². The summed E-state index contributed by atoms with van der Waals surface area (Å²) < 4.78 is 0. The first kappa shape index (κ1) is 14.8. The number of carbonyl (C=O) groups excluding carboxylic acids is 1. The number of nitrogens with two attached hydrogens (primary N) is 1. The smallest absolute Gasteiger partial charge is 0.242 e. The predicted octanol–water partition coefficient (Wildman–Crippen LogP) is 1.59. The van der Waals surface area contributed by atoms with Gasteiger partial charge in [-0.2, -0.15) is 0 Å². The van der Waals surface area contributed by atoms with Gasteiger partial charge in [-0.3, -0.25) is 9.69 Å². The van der Waals surface area contributed by atoms with Crippen molar-refractivity contribution in [2.24, 2.45) is 5.73 Å². The predicted molar refractivity (Wildman–Crippen MR) is 77.9 cm³/mol. The molecule has 1 amide bonds. The maximum Gasteiger partial charge on any atom is 0.242 e. The van der Waals surface area contributed by atoms with E-state index in [1.54, 1.807) is 0 Å². The fourth-order valence-electron chi connectivity index (χ4n) is 3.34. The van der Waals surface area contributed by atoms with Gasteiger partial charge in [-0.15, -0.1) is 0 Å². The van der Waals surface area contributed by atoms with Crippen molar-refractivity contribution >= 4 is 5.91 Å². The van der Waals surface area contributed by atoms with E-state index in [1.165, 1.54) is 12.8 Å².